The first-order valence-corrected chi connectivity index (χ1v) is 5.14. The van der Waals surface area contributed by atoms with E-state index in [1.54, 1.807) is 6.92 Å². The third-order valence-corrected chi connectivity index (χ3v) is 2.31. The fourth-order valence-corrected chi connectivity index (χ4v) is 1.38. The van der Waals surface area contributed by atoms with Gasteiger partial charge in [-0.25, -0.2) is 0 Å². The molecule has 0 amide bonds. The van der Waals surface area contributed by atoms with Crippen LogP contribution in [0.25, 0.3) is 0 Å². The van der Waals surface area contributed by atoms with Crippen LogP contribution in [0.1, 0.15) is 28.4 Å². The normalized spacial score (nSPS) is 11.2. The molecule has 0 aromatic heterocycles. The lowest BCUT2D eigenvalue weighted by atomic mass is 10.0. The molecule has 1 rings (SSSR count). The molecule has 0 aliphatic heterocycles. The van der Waals surface area contributed by atoms with Gasteiger partial charge in [0, 0.05) is 5.56 Å². The zero-order valence-corrected chi connectivity index (χ0v) is 9.58. The largest absolute Gasteiger partial charge is 0.293 e. The molecule has 0 bridgehead atoms. The van der Waals surface area contributed by atoms with Gasteiger partial charge in [-0.1, -0.05) is 15.9 Å². The number of carbonyl (C=O) groups is 1. The average molecular weight is 263 g/mol. The van der Waals surface area contributed by atoms with E-state index in [0.29, 0.717) is 16.7 Å². The van der Waals surface area contributed by atoms with Crippen molar-refractivity contribution < 1.29 is 4.79 Å². The predicted octanol–water partition coefficient (Wildman–Crippen LogP) is 2.40. The molecular formula is C11H7BrN2O. The van der Waals surface area contributed by atoms with Crippen LogP contribution in [0.3, 0.4) is 0 Å². The topological polar surface area (TPSA) is 64.7 Å². The highest BCUT2D eigenvalue weighted by Gasteiger charge is 2.16. The molecule has 1 aromatic carbocycles. The molecule has 74 valence electrons. The summed E-state index contributed by atoms with van der Waals surface area (Å²) in [4.78, 5) is 11.3. The number of Topliss-reactive ketones (excluding diaryl/α,β-unsaturated/α-hetero) is 1. The lowest BCUT2D eigenvalue weighted by molar-refractivity contribution is 0.0995. The molecule has 1 atom stereocenters. The van der Waals surface area contributed by atoms with Crippen molar-refractivity contribution >= 4 is 21.7 Å². The number of hydrogen-bond acceptors (Lipinski definition) is 3. The molecule has 0 saturated heterocycles. The number of benzene rings is 1. The van der Waals surface area contributed by atoms with Gasteiger partial charge in [-0.15, -0.1) is 0 Å². The van der Waals surface area contributed by atoms with E-state index in [1.165, 1.54) is 18.2 Å². The van der Waals surface area contributed by atoms with E-state index in [2.05, 4.69) is 15.9 Å². The van der Waals surface area contributed by atoms with Crippen molar-refractivity contribution in [1.82, 2.24) is 0 Å². The smallest absolute Gasteiger partial charge is 0.177 e. The van der Waals surface area contributed by atoms with Crippen molar-refractivity contribution in [3.05, 3.63) is 34.9 Å². The highest BCUT2D eigenvalue weighted by Crippen LogP contribution is 2.16. The summed E-state index contributed by atoms with van der Waals surface area (Å²) in [7, 11) is 0. The second-order valence-corrected chi connectivity index (χ2v) is 4.34. The minimum absolute atomic E-state index is 0.191. The summed E-state index contributed by atoms with van der Waals surface area (Å²) in [5, 5.41) is 17.5. The quantitative estimate of drug-likeness (QED) is 0.607. The van der Waals surface area contributed by atoms with Crippen molar-refractivity contribution in [2.45, 2.75) is 11.8 Å². The van der Waals surface area contributed by atoms with E-state index in [1.807, 2.05) is 12.1 Å². The fraction of sp³-hybridized carbons (Fsp3) is 0.182. The Morgan fingerprint density at radius 3 is 2.53 bits per heavy atom. The number of nitrogens with zero attached hydrogens (tertiary/aromatic N) is 2. The third-order valence-electron chi connectivity index (χ3n) is 1.90. The third kappa shape index (κ3) is 2.43. The van der Waals surface area contributed by atoms with E-state index in [-0.39, 0.29) is 10.6 Å². The fourth-order valence-electron chi connectivity index (χ4n) is 1.13. The van der Waals surface area contributed by atoms with Crippen LogP contribution in [0, 0.1) is 22.7 Å². The second kappa shape index (κ2) is 4.72. The van der Waals surface area contributed by atoms with Crippen molar-refractivity contribution in [2.24, 2.45) is 0 Å². The molecule has 0 radical (unpaired) electrons. The molecule has 0 spiro atoms. The van der Waals surface area contributed by atoms with Crippen LogP contribution in [-0.2, 0) is 0 Å². The van der Waals surface area contributed by atoms with Gasteiger partial charge in [-0.3, -0.25) is 4.79 Å². The zero-order chi connectivity index (χ0) is 11.4. The molecule has 4 heteroatoms. The predicted molar refractivity (Wildman–Crippen MR) is 58.6 cm³/mol. The van der Waals surface area contributed by atoms with Crippen molar-refractivity contribution in [3.63, 3.8) is 0 Å². The standard InChI is InChI=1S/C11H7BrN2O/c1-7(12)11(15)10-4-8(5-13)2-3-9(10)6-14/h2-4,7H,1H3. The number of carbonyl (C=O) groups excluding carboxylic acids is 1. The Labute approximate surface area is 96.1 Å². The summed E-state index contributed by atoms with van der Waals surface area (Å²) in [6, 6.07) is 8.32. The highest BCUT2D eigenvalue weighted by atomic mass is 79.9. The van der Waals surface area contributed by atoms with Crippen molar-refractivity contribution in [3.8, 4) is 12.1 Å². The van der Waals surface area contributed by atoms with Gasteiger partial charge in [-0.05, 0) is 25.1 Å². The van der Waals surface area contributed by atoms with Crippen LogP contribution in [0.15, 0.2) is 18.2 Å². The van der Waals surface area contributed by atoms with E-state index < -0.39 is 0 Å². The molecular weight excluding hydrogens is 256 g/mol. The maximum absolute atomic E-state index is 11.7. The Bertz CT molecular complexity index is 480. The van der Waals surface area contributed by atoms with Gasteiger partial charge >= 0.3 is 0 Å². The monoisotopic (exact) mass is 262 g/mol. The van der Waals surface area contributed by atoms with Gasteiger partial charge in [0.2, 0.25) is 0 Å². The van der Waals surface area contributed by atoms with Gasteiger partial charge in [0.15, 0.2) is 5.78 Å². The summed E-state index contributed by atoms with van der Waals surface area (Å²) >= 11 is 3.14. The van der Waals surface area contributed by atoms with Crippen LogP contribution in [0.2, 0.25) is 0 Å². The molecule has 1 aromatic rings. The summed E-state index contributed by atoms with van der Waals surface area (Å²) in [5.41, 5.74) is 0.969. The molecule has 0 saturated carbocycles. The van der Waals surface area contributed by atoms with E-state index in [4.69, 9.17) is 10.5 Å². The number of hydrogen-bond donors (Lipinski definition) is 0. The highest BCUT2D eigenvalue weighted by molar-refractivity contribution is 9.10. The summed E-state index contributed by atoms with van der Waals surface area (Å²) < 4.78 is 0. The Hall–Kier alpha value is -1.65. The van der Waals surface area contributed by atoms with E-state index >= 15 is 0 Å². The zero-order valence-electron chi connectivity index (χ0n) is 7.99. The molecule has 0 aliphatic carbocycles. The number of ketones is 1. The summed E-state index contributed by atoms with van der Waals surface area (Å²) in [6.45, 7) is 1.68. The Morgan fingerprint density at radius 1 is 1.40 bits per heavy atom. The maximum Gasteiger partial charge on any atom is 0.177 e. The van der Waals surface area contributed by atoms with Crippen LogP contribution in [0.4, 0.5) is 0 Å². The average Bonchev–Trinajstić information content (AvgIpc) is 2.27. The SMILES string of the molecule is CC(Br)C(=O)c1cc(C#N)ccc1C#N. The van der Waals surface area contributed by atoms with Gasteiger partial charge in [0.25, 0.3) is 0 Å². The molecule has 1 unspecified atom stereocenters. The van der Waals surface area contributed by atoms with Crippen LogP contribution < -0.4 is 0 Å². The second-order valence-electron chi connectivity index (χ2n) is 2.96. The molecule has 0 heterocycles. The van der Waals surface area contributed by atoms with Gasteiger partial charge in [-0.2, -0.15) is 10.5 Å². The minimum atomic E-state index is -0.362. The summed E-state index contributed by atoms with van der Waals surface area (Å²) in [6.07, 6.45) is 0. The number of alkyl halides is 1. The lowest BCUT2D eigenvalue weighted by Crippen LogP contribution is -2.12. The maximum atomic E-state index is 11.7. The van der Waals surface area contributed by atoms with Crippen molar-refractivity contribution in [2.75, 3.05) is 0 Å². The minimum Gasteiger partial charge on any atom is -0.293 e. The van der Waals surface area contributed by atoms with Crippen LogP contribution in [-0.4, -0.2) is 10.6 Å². The molecule has 3 nitrogen and oxygen atoms in total. The molecule has 15 heavy (non-hydrogen) atoms. The first-order valence-electron chi connectivity index (χ1n) is 4.22. The summed E-state index contributed by atoms with van der Waals surface area (Å²) in [5.74, 6) is -0.191. The number of nitriles is 2. The van der Waals surface area contributed by atoms with E-state index in [0.717, 1.165) is 0 Å². The number of halogens is 1. The molecule has 0 fully saturated rings. The lowest BCUT2D eigenvalue weighted by Gasteiger charge is -2.04. The first kappa shape index (κ1) is 11.4. The Balaban J connectivity index is 3.33. The Kier molecular flexibility index (Phi) is 3.60. The van der Waals surface area contributed by atoms with Crippen molar-refractivity contribution in [1.29, 1.82) is 10.5 Å². The number of rotatable bonds is 2. The van der Waals surface area contributed by atoms with E-state index in [9.17, 15) is 4.79 Å². The van der Waals surface area contributed by atoms with Gasteiger partial charge in [0.05, 0.1) is 28.1 Å². The molecule has 0 N–H and O–H groups in total. The molecule has 0 aliphatic rings. The Morgan fingerprint density at radius 2 is 2.07 bits per heavy atom. The van der Waals surface area contributed by atoms with Gasteiger partial charge < -0.3 is 0 Å². The van der Waals surface area contributed by atoms with Gasteiger partial charge in [0.1, 0.15) is 0 Å². The first-order chi connectivity index (χ1) is 7.10. The van der Waals surface area contributed by atoms with Crippen LogP contribution >= 0.6 is 15.9 Å². The van der Waals surface area contributed by atoms with Crippen LogP contribution in [0.5, 0.6) is 0 Å².